The topological polar surface area (TPSA) is 26.0 Å². The summed E-state index contributed by atoms with van der Waals surface area (Å²) in [7, 11) is 0. The fraction of sp³-hybridized carbons (Fsp3) is 0.400. The van der Waals surface area contributed by atoms with Crippen molar-refractivity contribution in [3.63, 3.8) is 0 Å². The molecule has 1 heteroatoms. The molecule has 0 fully saturated rings. The molecule has 0 bridgehead atoms. The van der Waals surface area contributed by atoms with Crippen molar-refractivity contribution < 1.29 is 0 Å². The van der Waals surface area contributed by atoms with Crippen LogP contribution in [0.15, 0.2) is 18.2 Å². The van der Waals surface area contributed by atoms with E-state index in [2.05, 4.69) is 25.1 Å². The fourth-order valence-corrected chi connectivity index (χ4v) is 1.78. The number of fused-ring (bicyclic) bond motifs is 1. The third kappa shape index (κ3) is 1.16. The Hall–Kier alpha value is -0.820. The smallest absolute Gasteiger partial charge is 0.0120 e. The van der Waals surface area contributed by atoms with Gasteiger partial charge in [0.15, 0.2) is 0 Å². The minimum atomic E-state index is 0.367. The van der Waals surface area contributed by atoms with Crippen LogP contribution in [0, 0.1) is 6.92 Å². The number of rotatable bonds is 0. The summed E-state index contributed by atoms with van der Waals surface area (Å²) in [6, 6.07) is 6.99. The van der Waals surface area contributed by atoms with Crippen LogP contribution in [0.4, 0.5) is 0 Å². The average molecular weight is 147 g/mol. The van der Waals surface area contributed by atoms with Crippen LogP contribution in [-0.4, -0.2) is 6.04 Å². The van der Waals surface area contributed by atoms with Crippen LogP contribution in [-0.2, 0) is 12.8 Å². The predicted molar refractivity (Wildman–Crippen MR) is 46.6 cm³/mol. The first-order valence-electron chi connectivity index (χ1n) is 4.09. The molecule has 0 aromatic heterocycles. The van der Waals surface area contributed by atoms with Gasteiger partial charge in [-0.15, -0.1) is 0 Å². The number of hydrogen-bond acceptors (Lipinski definition) is 1. The first kappa shape index (κ1) is 6.86. The average Bonchev–Trinajstić information content (AvgIpc) is 2.27. The first-order valence-corrected chi connectivity index (χ1v) is 4.09. The summed E-state index contributed by atoms with van der Waals surface area (Å²) in [4.78, 5) is 0. The molecule has 1 aromatic carbocycles. The van der Waals surface area contributed by atoms with Crippen molar-refractivity contribution in [2.75, 3.05) is 0 Å². The van der Waals surface area contributed by atoms with Gasteiger partial charge in [-0.1, -0.05) is 23.8 Å². The van der Waals surface area contributed by atoms with Gasteiger partial charge in [0.05, 0.1) is 0 Å². The molecule has 0 saturated carbocycles. The third-order valence-electron chi connectivity index (χ3n) is 2.33. The summed E-state index contributed by atoms with van der Waals surface area (Å²) in [5, 5.41) is 0. The van der Waals surface area contributed by atoms with Crippen LogP contribution >= 0.6 is 0 Å². The Morgan fingerprint density at radius 3 is 2.82 bits per heavy atom. The summed E-state index contributed by atoms with van der Waals surface area (Å²) in [5.41, 5.74) is 10.1. The zero-order valence-electron chi connectivity index (χ0n) is 6.80. The van der Waals surface area contributed by atoms with Crippen LogP contribution in [0.3, 0.4) is 0 Å². The summed E-state index contributed by atoms with van der Waals surface area (Å²) < 4.78 is 0. The molecule has 2 N–H and O–H groups in total. The van der Waals surface area contributed by atoms with Gasteiger partial charge in [-0.3, -0.25) is 0 Å². The zero-order chi connectivity index (χ0) is 7.84. The Morgan fingerprint density at radius 2 is 2.00 bits per heavy atom. The highest BCUT2D eigenvalue weighted by Crippen LogP contribution is 2.21. The van der Waals surface area contributed by atoms with E-state index in [4.69, 9.17) is 5.73 Å². The van der Waals surface area contributed by atoms with E-state index in [1.54, 1.807) is 0 Å². The highest BCUT2D eigenvalue weighted by atomic mass is 14.6. The van der Waals surface area contributed by atoms with Gasteiger partial charge in [-0.2, -0.15) is 0 Å². The maximum Gasteiger partial charge on any atom is 0.0120 e. The summed E-state index contributed by atoms with van der Waals surface area (Å²) in [6.07, 6.45) is 2.13. The molecule has 0 amide bonds. The molecule has 0 radical (unpaired) electrons. The van der Waals surface area contributed by atoms with Gasteiger partial charge in [0.1, 0.15) is 0 Å². The van der Waals surface area contributed by atoms with E-state index >= 15 is 0 Å². The second-order valence-corrected chi connectivity index (χ2v) is 3.44. The Labute approximate surface area is 67.2 Å². The van der Waals surface area contributed by atoms with Crippen LogP contribution in [0.5, 0.6) is 0 Å². The number of hydrogen-bond donors (Lipinski definition) is 1. The Morgan fingerprint density at radius 1 is 1.27 bits per heavy atom. The SMILES string of the molecule is Cc1ccc2c(c1)C[C@H](N)C2. The quantitative estimate of drug-likeness (QED) is 0.590. The van der Waals surface area contributed by atoms with Gasteiger partial charge in [0.2, 0.25) is 0 Å². The molecular formula is C10H13N. The molecule has 0 saturated heterocycles. The van der Waals surface area contributed by atoms with Crippen molar-refractivity contribution >= 4 is 0 Å². The van der Waals surface area contributed by atoms with Crippen molar-refractivity contribution in [3.05, 3.63) is 34.9 Å². The van der Waals surface area contributed by atoms with Crippen molar-refractivity contribution in [3.8, 4) is 0 Å². The molecule has 1 aliphatic rings. The van der Waals surface area contributed by atoms with E-state index in [9.17, 15) is 0 Å². The van der Waals surface area contributed by atoms with Crippen LogP contribution in [0.25, 0.3) is 0 Å². The largest absolute Gasteiger partial charge is 0.327 e. The van der Waals surface area contributed by atoms with Gasteiger partial charge >= 0.3 is 0 Å². The zero-order valence-corrected chi connectivity index (χ0v) is 6.80. The molecule has 1 nitrogen and oxygen atoms in total. The van der Waals surface area contributed by atoms with E-state index in [1.807, 2.05) is 0 Å². The van der Waals surface area contributed by atoms with Crippen molar-refractivity contribution in [2.24, 2.45) is 5.73 Å². The summed E-state index contributed by atoms with van der Waals surface area (Å²) >= 11 is 0. The van der Waals surface area contributed by atoms with Gasteiger partial charge < -0.3 is 5.73 Å². The highest BCUT2D eigenvalue weighted by Gasteiger charge is 2.16. The normalized spacial score (nSPS) is 21.8. The first-order chi connectivity index (χ1) is 5.25. The van der Waals surface area contributed by atoms with Crippen LogP contribution in [0.2, 0.25) is 0 Å². The molecule has 58 valence electrons. The standard InChI is InChI=1S/C10H13N/c1-7-2-3-8-5-10(11)6-9(8)4-7/h2-4,10H,5-6,11H2,1H3/t10-/m1/s1. The van der Waals surface area contributed by atoms with Crippen LogP contribution in [0.1, 0.15) is 16.7 Å². The number of nitrogens with two attached hydrogens (primary N) is 1. The number of benzene rings is 1. The molecule has 11 heavy (non-hydrogen) atoms. The molecule has 1 aliphatic carbocycles. The van der Waals surface area contributed by atoms with E-state index in [1.165, 1.54) is 16.7 Å². The molecule has 1 atom stereocenters. The summed E-state index contributed by atoms with van der Waals surface area (Å²) in [6.45, 7) is 2.13. The lowest BCUT2D eigenvalue weighted by molar-refractivity contribution is 0.721. The molecule has 0 unspecified atom stereocenters. The molecule has 2 rings (SSSR count). The lowest BCUT2D eigenvalue weighted by atomic mass is 10.1. The van der Waals surface area contributed by atoms with Crippen molar-refractivity contribution in [1.82, 2.24) is 0 Å². The summed E-state index contributed by atoms with van der Waals surface area (Å²) in [5.74, 6) is 0. The third-order valence-corrected chi connectivity index (χ3v) is 2.33. The van der Waals surface area contributed by atoms with Gasteiger partial charge in [0.25, 0.3) is 0 Å². The van der Waals surface area contributed by atoms with Crippen molar-refractivity contribution in [2.45, 2.75) is 25.8 Å². The predicted octanol–water partition coefficient (Wildman–Crippen LogP) is 1.42. The maximum atomic E-state index is 5.84. The second kappa shape index (κ2) is 2.35. The minimum Gasteiger partial charge on any atom is -0.327 e. The number of aryl methyl sites for hydroxylation is 1. The fourth-order valence-electron chi connectivity index (χ4n) is 1.78. The van der Waals surface area contributed by atoms with Gasteiger partial charge in [-0.25, -0.2) is 0 Å². The molecule has 0 heterocycles. The Bertz CT molecular complexity index is 278. The Kier molecular flexibility index (Phi) is 1.46. The van der Waals surface area contributed by atoms with E-state index in [-0.39, 0.29) is 0 Å². The van der Waals surface area contributed by atoms with E-state index in [0.29, 0.717) is 6.04 Å². The van der Waals surface area contributed by atoms with Crippen molar-refractivity contribution in [1.29, 1.82) is 0 Å². The molecular weight excluding hydrogens is 134 g/mol. The highest BCUT2D eigenvalue weighted by molar-refractivity contribution is 5.36. The maximum absolute atomic E-state index is 5.84. The monoisotopic (exact) mass is 147 g/mol. The minimum absolute atomic E-state index is 0.367. The van der Waals surface area contributed by atoms with Crippen LogP contribution < -0.4 is 5.73 Å². The lowest BCUT2D eigenvalue weighted by Crippen LogP contribution is -2.18. The van der Waals surface area contributed by atoms with E-state index < -0.39 is 0 Å². The lowest BCUT2D eigenvalue weighted by Gasteiger charge is -1.97. The molecule has 0 spiro atoms. The molecule has 1 aromatic rings. The van der Waals surface area contributed by atoms with E-state index in [0.717, 1.165) is 12.8 Å². The molecule has 0 aliphatic heterocycles. The second-order valence-electron chi connectivity index (χ2n) is 3.44. The van der Waals surface area contributed by atoms with Gasteiger partial charge in [-0.05, 0) is 30.9 Å². The Balaban J connectivity index is 2.43. The van der Waals surface area contributed by atoms with Gasteiger partial charge in [0, 0.05) is 6.04 Å².